The van der Waals surface area contributed by atoms with E-state index in [-0.39, 0.29) is 24.6 Å². The average Bonchev–Trinajstić information content (AvgIpc) is 2.93. The first-order chi connectivity index (χ1) is 9.59. The Morgan fingerprint density at radius 1 is 1.15 bits per heavy atom. The summed E-state index contributed by atoms with van der Waals surface area (Å²) in [5, 5.41) is 13.5. The van der Waals surface area contributed by atoms with Gasteiger partial charge in [-0.3, -0.25) is 14.4 Å². The summed E-state index contributed by atoms with van der Waals surface area (Å²) in [4.78, 5) is 33.1. The first-order valence-electron chi connectivity index (χ1n) is 6.40. The number of hydrogen-bond acceptors (Lipinski definition) is 4. The highest BCUT2D eigenvalue weighted by Gasteiger charge is 2.09. The molecule has 0 aromatic carbocycles. The maximum absolute atomic E-state index is 11.4. The van der Waals surface area contributed by atoms with E-state index in [9.17, 15) is 14.4 Å². The van der Waals surface area contributed by atoms with Crippen LogP contribution in [-0.2, 0) is 9.59 Å². The lowest BCUT2D eigenvalue weighted by Crippen LogP contribution is -2.37. The zero-order chi connectivity index (χ0) is 14.8. The molecule has 0 aliphatic heterocycles. The smallest absolute Gasteiger partial charge is 0.303 e. The van der Waals surface area contributed by atoms with E-state index in [0.717, 1.165) is 6.42 Å². The molecule has 2 amide bonds. The number of aliphatic carboxylic acids is 1. The maximum Gasteiger partial charge on any atom is 0.303 e. The number of amides is 2. The summed E-state index contributed by atoms with van der Waals surface area (Å²) in [6.07, 6.45) is 3.58. The molecular formula is C13H18N2O5. The highest BCUT2D eigenvalue weighted by Crippen LogP contribution is 1.99. The minimum atomic E-state index is -0.810. The van der Waals surface area contributed by atoms with Crippen molar-refractivity contribution < 1.29 is 23.9 Å². The van der Waals surface area contributed by atoms with Crippen molar-refractivity contribution in [2.75, 3.05) is 13.1 Å². The summed E-state index contributed by atoms with van der Waals surface area (Å²) in [5.41, 5.74) is 0. The van der Waals surface area contributed by atoms with E-state index in [4.69, 9.17) is 9.52 Å². The predicted octanol–water partition coefficient (Wildman–Crippen LogP) is 0.771. The topological polar surface area (TPSA) is 109 Å². The number of hydrogen-bond donors (Lipinski definition) is 3. The van der Waals surface area contributed by atoms with Crippen LogP contribution in [0.5, 0.6) is 0 Å². The number of rotatable bonds is 9. The highest BCUT2D eigenvalue weighted by atomic mass is 16.4. The SMILES string of the molecule is O=C(O)CCCCCNC(=O)CNC(=O)c1ccco1. The van der Waals surface area contributed by atoms with Crippen molar-refractivity contribution in [2.45, 2.75) is 25.7 Å². The van der Waals surface area contributed by atoms with E-state index in [0.29, 0.717) is 19.4 Å². The lowest BCUT2D eigenvalue weighted by molar-refractivity contribution is -0.137. The fraction of sp³-hybridized carbons (Fsp3) is 0.462. The molecule has 110 valence electrons. The van der Waals surface area contributed by atoms with E-state index in [1.807, 2.05) is 0 Å². The maximum atomic E-state index is 11.4. The van der Waals surface area contributed by atoms with Gasteiger partial charge in [0.25, 0.3) is 5.91 Å². The molecule has 1 rings (SSSR count). The van der Waals surface area contributed by atoms with Gasteiger partial charge in [-0.1, -0.05) is 6.42 Å². The van der Waals surface area contributed by atoms with Crippen LogP contribution in [0.15, 0.2) is 22.8 Å². The van der Waals surface area contributed by atoms with Gasteiger partial charge in [-0.15, -0.1) is 0 Å². The molecule has 0 saturated heterocycles. The molecular weight excluding hydrogens is 264 g/mol. The first kappa shape index (κ1) is 15.7. The second-order valence-corrected chi connectivity index (χ2v) is 4.21. The molecule has 7 heteroatoms. The summed E-state index contributed by atoms with van der Waals surface area (Å²) in [5.74, 6) is -1.38. The van der Waals surface area contributed by atoms with Gasteiger partial charge in [0.2, 0.25) is 5.91 Å². The van der Waals surface area contributed by atoms with Crippen LogP contribution in [0.4, 0.5) is 0 Å². The summed E-state index contributed by atoms with van der Waals surface area (Å²) >= 11 is 0. The molecule has 0 bridgehead atoms. The van der Waals surface area contributed by atoms with E-state index in [1.165, 1.54) is 12.3 Å². The molecule has 1 aromatic heterocycles. The number of carbonyl (C=O) groups excluding carboxylic acids is 2. The van der Waals surface area contributed by atoms with Crippen LogP contribution in [-0.4, -0.2) is 36.0 Å². The first-order valence-corrected chi connectivity index (χ1v) is 6.40. The molecule has 20 heavy (non-hydrogen) atoms. The van der Waals surface area contributed by atoms with Crippen molar-refractivity contribution in [3.05, 3.63) is 24.2 Å². The Labute approximate surface area is 116 Å². The molecule has 0 fully saturated rings. The second kappa shape index (κ2) is 8.73. The van der Waals surface area contributed by atoms with Crippen molar-refractivity contribution in [3.63, 3.8) is 0 Å². The number of carbonyl (C=O) groups is 3. The van der Waals surface area contributed by atoms with Gasteiger partial charge in [0.15, 0.2) is 5.76 Å². The van der Waals surface area contributed by atoms with E-state index >= 15 is 0 Å². The van der Waals surface area contributed by atoms with Crippen molar-refractivity contribution in [1.29, 1.82) is 0 Å². The molecule has 0 atom stereocenters. The highest BCUT2D eigenvalue weighted by molar-refractivity contribution is 5.94. The average molecular weight is 282 g/mol. The van der Waals surface area contributed by atoms with Crippen molar-refractivity contribution in [2.24, 2.45) is 0 Å². The van der Waals surface area contributed by atoms with Gasteiger partial charge in [0, 0.05) is 13.0 Å². The number of nitrogens with one attached hydrogen (secondary N) is 2. The Bertz CT molecular complexity index is 442. The Balaban J connectivity index is 2.03. The summed E-state index contributed by atoms with van der Waals surface area (Å²) in [7, 11) is 0. The molecule has 0 aliphatic carbocycles. The molecule has 0 unspecified atom stereocenters. The Morgan fingerprint density at radius 3 is 2.60 bits per heavy atom. The number of carboxylic acid groups (broad SMARTS) is 1. The second-order valence-electron chi connectivity index (χ2n) is 4.21. The predicted molar refractivity (Wildman–Crippen MR) is 70.2 cm³/mol. The van der Waals surface area contributed by atoms with Crippen LogP contribution < -0.4 is 10.6 Å². The summed E-state index contributed by atoms with van der Waals surface area (Å²) < 4.78 is 4.88. The largest absolute Gasteiger partial charge is 0.481 e. The van der Waals surface area contributed by atoms with Crippen LogP contribution in [0.25, 0.3) is 0 Å². The summed E-state index contributed by atoms with van der Waals surface area (Å²) in [6, 6.07) is 3.10. The normalized spacial score (nSPS) is 10.0. The zero-order valence-electron chi connectivity index (χ0n) is 11.1. The molecule has 7 nitrogen and oxygen atoms in total. The van der Waals surface area contributed by atoms with Crippen LogP contribution in [0.3, 0.4) is 0 Å². The molecule has 1 heterocycles. The molecule has 3 N–H and O–H groups in total. The van der Waals surface area contributed by atoms with E-state index in [1.54, 1.807) is 6.07 Å². The lowest BCUT2D eigenvalue weighted by Gasteiger charge is -2.05. The molecule has 1 aromatic rings. The molecule has 0 spiro atoms. The van der Waals surface area contributed by atoms with Crippen molar-refractivity contribution >= 4 is 17.8 Å². The fourth-order valence-corrected chi connectivity index (χ4v) is 1.52. The quantitative estimate of drug-likeness (QED) is 0.580. The number of carboxylic acids is 1. The molecule has 0 radical (unpaired) electrons. The third kappa shape index (κ3) is 6.58. The Morgan fingerprint density at radius 2 is 1.95 bits per heavy atom. The number of unbranched alkanes of at least 4 members (excludes halogenated alkanes) is 2. The van der Waals surface area contributed by atoms with Crippen molar-refractivity contribution in [1.82, 2.24) is 10.6 Å². The molecule has 0 saturated carbocycles. The molecule has 0 aliphatic rings. The van der Waals surface area contributed by atoms with E-state index < -0.39 is 11.9 Å². The fourth-order valence-electron chi connectivity index (χ4n) is 1.52. The lowest BCUT2D eigenvalue weighted by atomic mass is 10.2. The van der Waals surface area contributed by atoms with Gasteiger partial charge in [-0.2, -0.15) is 0 Å². The standard InChI is InChI=1S/C13H18N2O5/c16-11(14-7-3-1-2-6-12(17)18)9-15-13(19)10-5-4-8-20-10/h4-5,8H,1-3,6-7,9H2,(H,14,16)(H,15,19)(H,17,18). The third-order valence-electron chi connectivity index (χ3n) is 2.54. The van der Waals surface area contributed by atoms with Gasteiger partial charge < -0.3 is 20.2 Å². The van der Waals surface area contributed by atoms with Gasteiger partial charge in [-0.05, 0) is 25.0 Å². The minimum absolute atomic E-state index is 0.116. The van der Waals surface area contributed by atoms with Crippen molar-refractivity contribution in [3.8, 4) is 0 Å². The van der Waals surface area contributed by atoms with E-state index in [2.05, 4.69) is 10.6 Å². The van der Waals surface area contributed by atoms with Gasteiger partial charge in [-0.25, -0.2) is 0 Å². The van der Waals surface area contributed by atoms with Gasteiger partial charge in [0.1, 0.15) is 0 Å². The van der Waals surface area contributed by atoms with Crippen LogP contribution >= 0.6 is 0 Å². The zero-order valence-corrected chi connectivity index (χ0v) is 11.1. The van der Waals surface area contributed by atoms with Crippen LogP contribution in [0.2, 0.25) is 0 Å². The van der Waals surface area contributed by atoms with Gasteiger partial charge >= 0.3 is 5.97 Å². The third-order valence-corrected chi connectivity index (χ3v) is 2.54. The monoisotopic (exact) mass is 282 g/mol. The Kier molecular flexibility index (Phi) is 6.88. The van der Waals surface area contributed by atoms with Crippen LogP contribution in [0.1, 0.15) is 36.2 Å². The minimum Gasteiger partial charge on any atom is -0.481 e. The summed E-state index contributed by atoms with van der Waals surface area (Å²) in [6.45, 7) is 0.351. The number of furan rings is 1. The van der Waals surface area contributed by atoms with Gasteiger partial charge in [0.05, 0.1) is 12.8 Å². The Hall–Kier alpha value is -2.31. The van der Waals surface area contributed by atoms with Crippen LogP contribution in [0, 0.1) is 0 Å².